The smallest absolute Gasteiger partial charge is 0.255 e. The molecule has 5 heteroatoms. The van der Waals surface area contributed by atoms with Crippen LogP contribution in [0, 0.1) is 0 Å². The molecule has 0 saturated carbocycles. The monoisotopic (exact) mass is 368 g/mol. The lowest BCUT2D eigenvalue weighted by atomic mass is 10.2. The lowest BCUT2D eigenvalue weighted by Gasteiger charge is -2.07. The Bertz CT molecular complexity index is 582. The number of carbonyl (C=O) groups is 1. The summed E-state index contributed by atoms with van der Waals surface area (Å²) in [7, 11) is 0. The first kappa shape index (κ1) is 13.1. The van der Waals surface area contributed by atoms with Crippen molar-refractivity contribution in [3.63, 3.8) is 0 Å². The van der Waals surface area contributed by atoms with E-state index < -0.39 is 0 Å². The largest absolute Gasteiger partial charge is 0.398 e. The average molecular weight is 370 g/mol. The van der Waals surface area contributed by atoms with Gasteiger partial charge in [0, 0.05) is 25.9 Å². The molecule has 92 valence electrons. The number of rotatable bonds is 2. The predicted molar refractivity (Wildman–Crippen MR) is 80.6 cm³/mol. The number of halogens is 2. The summed E-state index contributed by atoms with van der Waals surface area (Å²) in [5, 5.41) is 2.79. The van der Waals surface area contributed by atoms with Gasteiger partial charge in [0.25, 0.3) is 5.91 Å². The number of amides is 1. The van der Waals surface area contributed by atoms with Crippen molar-refractivity contribution in [2.24, 2.45) is 0 Å². The molecule has 0 unspecified atom stereocenters. The Morgan fingerprint density at radius 3 is 2.33 bits per heavy atom. The Morgan fingerprint density at radius 2 is 1.72 bits per heavy atom. The third kappa shape index (κ3) is 3.11. The molecule has 3 N–H and O–H groups in total. The molecular weight excluding hydrogens is 360 g/mol. The van der Waals surface area contributed by atoms with Crippen LogP contribution in [0.15, 0.2) is 51.4 Å². The molecule has 0 spiro atoms. The van der Waals surface area contributed by atoms with Crippen molar-refractivity contribution in [3.8, 4) is 0 Å². The Hall–Kier alpha value is -1.33. The molecule has 0 radical (unpaired) electrons. The van der Waals surface area contributed by atoms with Crippen molar-refractivity contribution < 1.29 is 4.79 Å². The zero-order chi connectivity index (χ0) is 13.1. The Balaban J connectivity index is 2.16. The highest BCUT2D eigenvalue weighted by molar-refractivity contribution is 9.10. The van der Waals surface area contributed by atoms with Crippen molar-refractivity contribution >= 4 is 49.1 Å². The van der Waals surface area contributed by atoms with E-state index in [0.29, 0.717) is 16.9 Å². The van der Waals surface area contributed by atoms with Gasteiger partial charge in [0.1, 0.15) is 0 Å². The van der Waals surface area contributed by atoms with E-state index >= 15 is 0 Å². The van der Waals surface area contributed by atoms with Crippen LogP contribution in [-0.4, -0.2) is 5.91 Å². The standard InChI is InChI=1S/C13H10Br2N2O/c14-9-3-1-8(2-4-9)13(18)17-10-5-6-11(15)12(16)7-10/h1-7H,16H2,(H,17,18). The van der Waals surface area contributed by atoms with Crippen molar-refractivity contribution in [2.75, 3.05) is 11.1 Å². The van der Waals surface area contributed by atoms with E-state index in [0.717, 1.165) is 8.95 Å². The van der Waals surface area contributed by atoms with Gasteiger partial charge in [0.2, 0.25) is 0 Å². The van der Waals surface area contributed by atoms with Gasteiger partial charge in [0.15, 0.2) is 0 Å². The normalized spacial score (nSPS) is 10.1. The van der Waals surface area contributed by atoms with Crippen molar-refractivity contribution in [1.82, 2.24) is 0 Å². The van der Waals surface area contributed by atoms with Crippen molar-refractivity contribution in [3.05, 3.63) is 57.0 Å². The second kappa shape index (κ2) is 5.54. The Kier molecular flexibility index (Phi) is 4.04. The quantitative estimate of drug-likeness (QED) is 0.784. The highest BCUT2D eigenvalue weighted by Gasteiger charge is 2.06. The highest BCUT2D eigenvalue weighted by atomic mass is 79.9. The number of hydrogen-bond donors (Lipinski definition) is 2. The van der Waals surface area contributed by atoms with Gasteiger partial charge in [-0.2, -0.15) is 0 Å². The van der Waals surface area contributed by atoms with Crippen LogP contribution >= 0.6 is 31.9 Å². The van der Waals surface area contributed by atoms with E-state index in [2.05, 4.69) is 37.2 Å². The fourth-order valence-corrected chi connectivity index (χ4v) is 1.94. The van der Waals surface area contributed by atoms with Gasteiger partial charge in [-0.05, 0) is 58.4 Å². The molecule has 0 atom stereocenters. The van der Waals surface area contributed by atoms with Crippen LogP contribution in [0.5, 0.6) is 0 Å². The van der Waals surface area contributed by atoms with Crippen LogP contribution in [0.4, 0.5) is 11.4 Å². The summed E-state index contributed by atoms with van der Waals surface area (Å²) < 4.78 is 1.75. The van der Waals surface area contributed by atoms with Gasteiger partial charge in [-0.15, -0.1) is 0 Å². The van der Waals surface area contributed by atoms with E-state index in [4.69, 9.17) is 5.73 Å². The summed E-state index contributed by atoms with van der Waals surface area (Å²) in [6.45, 7) is 0. The summed E-state index contributed by atoms with van der Waals surface area (Å²) in [6.07, 6.45) is 0. The molecule has 2 rings (SSSR count). The molecule has 0 aliphatic heterocycles. The average Bonchev–Trinajstić information content (AvgIpc) is 2.34. The summed E-state index contributed by atoms with van der Waals surface area (Å²) in [5.74, 6) is -0.163. The molecule has 0 heterocycles. The maximum absolute atomic E-state index is 11.9. The molecule has 3 nitrogen and oxygen atoms in total. The maximum atomic E-state index is 11.9. The van der Waals surface area contributed by atoms with Crippen LogP contribution in [0.3, 0.4) is 0 Å². The molecule has 1 amide bonds. The third-order valence-corrected chi connectivity index (χ3v) is 3.61. The molecule has 0 bridgehead atoms. The zero-order valence-electron chi connectivity index (χ0n) is 9.28. The highest BCUT2D eigenvalue weighted by Crippen LogP contribution is 2.23. The van der Waals surface area contributed by atoms with Gasteiger partial charge >= 0.3 is 0 Å². The molecule has 0 saturated heterocycles. The van der Waals surface area contributed by atoms with Gasteiger partial charge in [-0.25, -0.2) is 0 Å². The summed E-state index contributed by atoms with van der Waals surface area (Å²) >= 11 is 6.63. The molecule has 0 aliphatic carbocycles. The maximum Gasteiger partial charge on any atom is 0.255 e. The number of nitrogens with one attached hydrogen (secondary N) is 1. The second-order valence-corrected chi connectivity index (χ2v) is 5.47. The van der Waals surface area contributed by atoms with Crippen molar-refractivity contribution in [1.29, 1.82) is 0 Å². The molecule has 0 aromatic heterocycles. The topological polar surface area (TPSA) is 55.1 Å². The van der Waals surface area contributed by atoms with Crippen LogP contribution < -0.4 is 11.1 Å². The van der Waals surface area contributed by atoms with Crippen molar-refractivity contribution in [2.45, 2.75) is 0 Å². The van der Waals surface area contributed by atoms with Gasteiger partial charge < -0.3 is 11.1 Å². The molecule has 2 aromatic carbocycles. The predicted octanol–water partition coefficient (Wildman–Crippen LogP) is 4.05. The zero-order valence-corrected chi connectivity index (χ0v) is 12.5. The summed E-state index contributed by atoms with van der Waals surface area (Å²) in [6, 6.07) is 12.4. The first-order chi connectivity index (χ1) is 8.56. The van der Waals surface area contributed by atoms with Crippen LogP contribution in [-0.2, 0) is 0 Å². The Labute approximate surface area is 122 Å². The van der Waals surface area contributed by atoms with E-state index in [1.54, 1.807) is 30.3 Å². The first-order valence-electron chi connectivity index (χ1n) is 5.18. The molecule has 18 heavy (non-hydrogen) atoms. The minimum atomic E-state index is -0.163. The molecule has 0 aliphatic rings. The lowest BCUT2D eigenvalue weighted by Crippen LogP contribution is -2.11. The van der Waals surface area contributed by atoms with Crippen LogP contribution in [0.1, 0.15) is 10.4 Å². The van der Waals surface area contributed by atoms with Gasteiger partial charge in [-0.1, -0.05) is 15.9 Å². The fourth-order valence-electron chi connectivity index (χ4n) is 1.43. The lowest BCUT2D eigenvalue weighted by molar-refractivity contribution is 0.102. The van der Waals surface area contributed by atoms with E-state index in [-0.39, 0.29) is 5.91 Å². The van der Waals surface area contributed by atoms with E-state index in [9.17, 15) is 4.79 Å². The van der Waals surface area contributed by atoms with E-state index in [1.807, 2.05) is 12.1 Å². The fraction of sp³-hybridized carbons (Fsp3) is 0. The number of anilines is 2. The minimum absolute atomic E-state index is 0.163. The third-order valence-electron chi connectivity index (χ3n) is 2.36. The number of nitrogens with two attached hydrogens (primary N) is 1. The minimum Gasteiger partial charge on any atom is -0.398 e. The molecule has 2 aromatic rings. The number of carbonyl (C=O) groups excluding carboxylic acids is 1. The number of hydrogen-bond acceptors (Lipinski definition) is 2. The van der Waals surface area contributed by atoms with E-state index in [1.165, 1.54) is 0 Å². The summed E-state index contributed by atoms with van der Waals surface area (Å²) in [4.78, 5) is 11.9. The Morgan fingerprint density at radius 1 is 1.06 bits per heavy atom. The van der Waals surface area contributed by atoms with Crippen LogP contribution in [0.25, 0.3) is 0 Å². The molecular formula is C13H10Br2N2O. The second-order valence-electron chi connectivity index (χ2n) is 3.70. The first-order valence-corrected chi connectivity index (χ1v) is 6.77. The van der Waals surface area contributed by atoms with Gasteiger partial charge in [0.05, 0.1) is 0 Å². The van der Waals surface area contributed by atoms with Gasteiger partial charge in [-0.3, -0.25) is 4.79 Å². The van der Waals surface area contributed by atoms with Crippen LogP contribution in [0.2, 0.25) is 0 Å². The SMILES string of the molecule is Nc1cc(NC(=O)c2ccc(Br)cc2)ccc1Br. The summed E-state index contributed by atoms with van der Waals surface area (Å²) in [5.41, 5.74) is 7.60. The number of benzene rings is 2. The molecule has 0 fully saturated rings. The number of nitrogen functional groups attached to an aromatic ring is 1.